The fraction of sp³-hybridized carbons (Fsp3) is 0.333. The minimum atomic E-state index is -0.401. The van der Waals surface area contributed by atoms with Gasteiger partial charge in [-0.25, -0.2) is 9.97 Å². The third-order valence-corrected chi connectivity index (χ3v) is 3.00. The van der Waals surface area contributed by atoms with Gasteiger partial charge in [-0.1, -0.05) is 26.0 Å². The van der Waals surface area contributed by atoms with Crippen molar-refractivity contribution in [2.24, 2.45) is 0 Å². The highest BCUT2D eigenvalue weighted by molar-refractivity contribution is 5.65. The number of nitro benzene ring substituents is 1. The molecule has 0 amide bonds. The summed E-state index contributed by atoms with van der Waals surface area (Å²) in [5.74, 6) is 1.47. The summed E-state index contributed by atoms with van der Waals surface area (Å²) < 4.78 is 0. The molecule has 6 heteroatoms. The van der Waals surface area contributed by atoms with Crippen LogP contribution in [0.25, 0.3) is 11.3 Å². The van der Waals surface area contributed by atoms with E-state index < -0.39 is 4.92 Å². The summed E-state index contributed by atoms with van der Waals surface area (Å²) in [6.07, 6.45) is 1.71. The molecule has 0 radical (unpaired) electrons. The van der Waals surface area contributed by atoms with Crippen LogP contribution in [0.15, 0.2) is 30.3 Å². The molecule has 0 saturated heterocycles. The molecule has 0 unspecified atom stereocenters. The lowest BCUT2D eigenvalue weighted by molar-refractivity contribution is -0.384. The largest absolute Gasteiger partial charge is 0.370 e. The average Bonchev–Trinajstić information content (AvgIpc) is 2.52. The molecule has 0 bridgehead atoms. The lowest BCUT2D eigenvalue weighted by Crippen LogP contribution is -2.05. The first kappa shape index (κ1) is 14.9. The number of non-ortho nitro benzene ring substituents is 1. The molecule has 0 fully saturated rings. The van der Waals surface area contributed by atoms with Gasteiger partial charge in [-0.15, -0.1) is 0 Å². The third kappa shape index (κ3) is 3.75. The number of nitrogens with zero attached hydrogens (tertiary/aromatic N) is 3. The van der Waals surface area contributed by atoms with Gasteiger partial charge in [0, 0.05) is 36.7 Å². The molecule has 21 heavy (non-hydrogen) atoms. The number of aryl methyl sites for hydroxylation is 1. The van der Waals surface area contributed by atoms with Crippen molar-refractivity contribution in [3.63, 3.8) is 0 Å². The Morgan fingerprint density at radius 3 is 2.71 bits per heavy atom. The smallest absolute Gasteiger partial charge is 0.270 e. The number of hydrogen-bond donors (Lipinski definition) is 1. The van der Waals surface area contributed by atoms with Gasteiger partial charge in [-0.3, -0.25) is 10.1 Å². The summed E-state index contributed by atoms with van der Waals surface area (Å²) in [4.78, 5) is 19.3. The Morgan fingerprint density at radius 1 is 1.24 bits per heavy atom. The Hall–Kier alpha value is -2.50. The van der Waals surface area contributed by atoms with Crippen LogP contribution >= 0.6 is 0 Å². The monoisotopic (exact) mass is 286 g/mol. The summed E-state index contributed by atoms with van der Waals surface area (Å²) in [5.41, 5.74) is 1.48. The first-order valence-electron chi connectivity index (χ1n) is 7.00. The molecule has 2 rings (SSSR count). The van der Waals surface area contributed by atoms with Crippen molar-refractivity contribution in [1.82, 2.24) is 9.97 Å². The molecule has 0 aliphatic carbocycles. The van der Waals surface area contributed by atoms with Crippen LogP contribution in [0.1, 0.15) is 26.1 Å². The topological polar surface area (TPSA) is 81.0 Å². The van der Waals surface area contributed by atoms with Gasteiger partial charge in [0.15, 0.2) is 0 Å². The Morgan fingerprint density at radius 2 is 2.05 bits per heavy atom. The van der Waals surface area contributed by atoms with E-state index in [4.69, 9.17) is 0 Å². The summed E-state index contributed by atoms with van der Waals surface area (Å²) in [7, 11) is 0. The summed E-state index contributed by atoms with van der Waals surface area (Å²) in [6.45, 7) is 4.89. The molecule has 0 aliphatic rings. The van der Waals surface area contributed by atoms with Crippen LogP contribution in [0.5, 0.6) is 0 Å². The molecule has 2 aromatic rings. The second-order valence-corrected chi connectivity index (χ2v) is 4.64. The van der Waals surface area contributed by atoms with Crippen LogP contribution in [0, 0.1) is 10.1 Å². The fourth-order valence-corrected chi connectivity index (χ4v) is 1.93. The predicted octanol–water partition coefficient (Wildman–Crippen LogP) is 3.44. The van der Waals surface area contributed by atoms with Crippen LogP contribution in [-0.2, 0) is 6.42 Å². The number of aromatic nitrogens is 2. The fourth-order valence-electron chi connectivity index (χ4n) is 1.93. The number of rotatable bonds is 6. The molecule has 0 atom stereocenters. The molecular weight excluding hydrogens is 268 g/mol. The van der Waals surface area contributed by atoms with Gasteiger partial charge < -0.3 is 5.32 Å². The molecule has 110 valence electrons. The molecule has 0 aliphatic heterocycles. The van der Waals surface area contributed by atoms with Crippen LogP contribution in [0.3, 0.4) is 0 Å². The molecule has 1 aromatic heterocycles. The quantitative estimate of drug-likeness (QED) is 0.650. The van der Waals surface area contributed by atoms with Gasteiger partial charge in [-0.05, 0) is 6.42 Å². The van der Waals surface area contributed by atoms with E-state index in [1.165, 1.54) is 12.1 Å². The maximum atomic E-state index is 10.9. The number of nitro groups is 1. The van der Waals surface area contributed by atoms with E-state index in [-0.39, 0.29) is 5.69 Å². The van der Waals surface area contributed by atoms with E-state index >= 15 is 0 Å². The van der Waals surface area contributed by atoms with Crippen LogP contribution in [-0.4, -0.2) is 21.4 Å². The van der Waals surface area contributed by atoms with Crippen molar-refractivity contribution >= 4 is 11.5 Å². The Kier molecular flexibility index (Phi) is 4.81. The number of anilines is 1. The van der Waals surface area contributed by atoms with Gasteiger partial charge >= 0.3 is 0 Å². The molecular formula is C15H18N4O2. The Labute approximate surface area is 123 Å². The molecule has 1 aromatic carbocycles. The lowest BCUT2D eigenvalue weighted by atomic mass is 10.1. The van der Waals surface area contributed by atoms with E-state index in [0.29, 0.717) is 12.1 Å². The van der Waals surface area contributed by atoms with Crippen molar-refractivity contribution in [2.45, 2.75) is 26.7 Å². The molecule has 1 heterocycles. The van der Waals surface area contributed by atoms with E-state index in [0.717, 1.165) is 30.2 Å². The number of nitrogens with one attached hydrogen (secondary N) is 1. The first-order chi connectivity index (χ1) is 10.1. The summed E-state index contributed by atoms with van der Waals surface area (Å²) in [5, 5.41) is 14.1. The van der Waals surface area contributed by atoms with Crippen molar-refractivity contribution in [3.8, 4) is 11.3 Å². The van der Waals surface area contributed by atoms with E-state index in [2.05, 4.69) is 22.2 Å². The zero-order chi connectivity index (χ0) is 15.2. The maximum absolute atomic E-state index is 10.9. The van der Waals surface area contributed by atoms with E-state index in [9.17, 15) is 10.1 Å². The standard InChI is InChI=1S/C15H18N4O2/c1-3-8-16-15-10-13(17-14(4-2)18-15)11-6-5-7-12(9-11)19(20)21/h5-7,9-10H,3-4,8H2,1-2H3,(H,16,17,18). The predicted molar refractivity (Wildman–Crippen MR) is 82.3 cm³/mol. The van der Waals surface area contributed by atoms with Crippen molar-refractivity contribution < 1.29 is 4.92 Å². The van der Waals surface area contributed by atoms with Gasteiger partial charge in [0.2, 0.25) is 0 Å². The van der Waals surface area contributed by atoms with Crippen LogP contribution in [0.4, 0.5) is 11.5 Å². The zero-order valence-electron chi connectivity index (χ0n) is 12.2. The number of benzene rings is 1. The third-order valence-electron chi connectivity index (χ3n) is 3.00. The van der Waals surface area contributed by atoms with Crippen LogP contribution in [0.2, 0.25) is 0 Å². The molecule has 0 spiro atoms. The zero-order valence-corrected chi connectivity index (χ0v) is 12.2. The van der Waals surface area contributed by atoms with E-state index in [1.807, 2.05) is 19.1 Å². The molecule has 0 saturated carbocycles. The molecule has 6 nitrogen and oxygen atoms in total. The normalized spacial score (nSPS) is 10.4. The minimum Gasteiger partial charge on any atom is -0.370 e. The SMILES string of the molecule is CCCNc1cc(-c2cccc([N+](=O)[O-])c2)nc(CC)n1. The average molecular weight is 286 g/mol. The van der Waals surface area contributed by atoms with Gasteiger partial charge in [0.1, 0.15) is 11.6 Å². The Bertz CT molecular complexity index is 643. The Balaban J connectivity index is 2.42. The highest BCUT2D eigenvalue weighted by Gasteiger charge is 2.10. The first-order valence-corrected chi connectivity index (χ1v) is 7.00. The highest BCUT2D eigenvalue weighted by atomic mass is 16.6. The second-order valence-electron chi connectivity index (χ2n) is 4.64. The number of hydrogen-bond acceptors (Lipinski definition) is 5. The minimum absolute atomic E-state index is 0.0622. The summed E-state index contributed by atoms with van der Waals surface area (Å²) in [6, 6.07) is 8.32. The van der Waals surface area contributed by atoms with Gasteiger partial charge in [0.05, 0.1) is 10.6 Å². The van der Waals surface area contributed by atoms with Crippen molar-refractivity contribution in [2.75, 3.05) is 11.9 Å². The van der Waals surface area contributed by atoms with Crippen molar-refractivity contribution in [3.05, 3.63) is 46.3 Å². The van der Waals surface area contributed by atoms with Crippen LogP contribution < -0.4 is 5.32 Å². The second kappa shape index (κ2) is 6.78. The van der Waals surface area contributed by atoms with E-state index in [1.54, 1.807) is 6.07 Å². The highest BCUT2D eigenvalue weighted by Crippen LogP contribution is 2.24. The molecule has 1 N–H and O–H groups in total. The van der Waals surface area contributed by atoms with Gasteiger partial charge in [-0.2, -0.15) is 0 Å². The maximum Gasteiger partial charge on any atom is 0.270 e. The van der Waals surface area contributed by atoms with Gasteiger partial charge in [0.25, 0.3) is 5.69 Å². The van der Waals surface area contributed by atoms with Crippen molar-refractivity contribution in [1.29, 1.82) is 0 Å². The summed E-state index contributed by atoms with van der Waals surface area (Å²) >= 11 is 0. The lowest BCUT2D eigenvalue weighted by Gasteiger charge is -2.09.